The molecule has 7 nitrogen and oxygen atoms in total. The molecule has 0 saturated heterocycles. The molecule has 0 atom stereocenters. The maximum absolute atomic E-state index is 12.4. The predicted octanol–water partition coefficient (Wildman–Crippen LogP) is 3.89. The van der Waals surface area contributed by atoms with Gasteiger partial charge in [-0.25, -0.2) is 0 Å². The molecular formula is C23H31IN4O3. The highest BCUT2D eigenvalue weighted by molar-refractivity contribution is 14.0. The topological polar surface area (TPSA) is 75.2 Å². The number of carbonyl (C=O) groups is 1. The number of guanidine groups is 1. The molecule has 0 saturated carbocycles. The normalized spacial score (nSPS) is 12.9. The van der Waals surface area contributed by atoms with Gasteiger partial charge in [0.25, 0.3) is 0 Å². The zero-order valence-electron chi connectivity index (χ0n) is 18.1. The van der Waals surface area contributed by atoms with Gasteiger partial charge in [-0.15, -0.1) is 24.0 Å². The van der Waals surface area contributed by atoms with Gasteiger partial charge in [0.2, 0.25) is 5.91 Å². The first-order chi connectivity index (χ1) is 14.7. The van der Waals surface area contributed by atoms with Gasteiger partial charge >= 0.3 is 0 Å². The number of anilines is 1. The molecule has 0 unspecified atom stereocenters. The number of hydrogen-bond donors (Lipinski definition) is 2. The Labute approximate surface area is 201 Å². The summed E-state index contributed by atoms with van der Waals surface area (Å²) >= 11 is 0. The third-order valence-corrected chi connectivity index (χ3v) is 4.64. The molecule has 0 radical (unpaired) electrons. The van der Waals surface area contributed by atoms with E-state index in [-0.39, 0.29) is 29.9 Å². The van der Waals surface area contributed by atoms with Crippen molar-refractivity contribution in [1.82, 2.24) is 10.2 Å². The van der Waals surface area contributed by atoms with Crippen LogP contribution in [0.2, 0.25) is 0 Å². The van der Waals surface area contributed by atoms with Crippen LogP contribution in [0.25, 0.3) is 0 Å². The quantitative estimate of drug-likeness (QED) is 0.318. The number of halogens is 1. The lowest BCUT2D eigenvalue weighted by molar-refractivity contribution is -0.130. The maximum atomic E-state index is 12.4. The van der Waals surface area contributed by atoms with Gasteiger partial charge in [0.15, 0.2) is 17.5 Å². The number of benzene rings is 2. The number of rotatable bonds is 7. The fourth-order valence-electron chi connectivity index (χ4n) is 3.08. The highest BCUT2D eigenvalue weighted by atomic mass is 127. The summed E-state index contributed by atoms with van der Waals surface area (Å²) in [7, 11) is 1.82. The Bertz CT molecular complexity index is 861. The second-order valence-electron chi connectivity index (χ2n) is 7.08. The molecule has 2 N–H and O–H groups in total. The monoisotopic (exact) mass is 538 g/mol. The molecule has 2 aromatic carbocycles. The Morgan fingerprint density at radius 2 is 1.84 bits per heavy atom. The van der Waals surface area contributed by atoms with E-state index in [1.54, 1.807) is 4.90 Å². The second kappa shape index (κ2) is 13.0. The van der Waals surface area contributed by atoms with Crippen molar-refractivity contribution in [1.29, 1.82) is 0 Å². The summed E-state index contributed by atoms with van der Waals surface area (Å²) in [5, 5.41) is 6.48. The summed E-state index contributed by atoms with van der Waals surface area (Å²) in [6.45, 7) is 5.03. The first kappa shape index (κ1) is 24.8. The number of carbonyl (C=O) groups excluding carboxylic acids is 1. The van der Waals surface area contributed by atoms with Crippen LogP contribution in [0.1, 0.15) is 25.3 Å². The van der Waals surface area contributed by atoms with Crippen LogP contribution in [0.5, 0.6) is 11.5 Å². The lowest BCUT2D eigenvalue weighted by atomic mass is 10.2. The van der Waals surface area contributed by atoms with Crippen LogP contribution >= 0.6 is 24.0 Å². The van der Waals surface area contributed by atoms with Gasteiger partial charge in [-0.05, 0) is 24.6 Å². The number of aliphatic imine (C=N–C) groups is 1. The van der Waals surface area contributed by atoms with E-state index in [0.29, 0.717) is 38.7 Å². The molecule has 8 heteroatoms. The molecular weight excluding hydrogens is 507 g/mol. The van der Waals surface area contributed by atoms with Crippen molar-refractivity contribution in [2.24, 2.45) is 4.99 Å². The zero-order chi connectivity index (χ0) is 21.2. The Morgan fingerprint density at radius 3 is 2.58 bits per heavy atom. The van der Waals surface area contributed by atoms with Crippen molar-refractivity contribution >= 4 is 41.5 Å². The Morgan fingerprint density at radius 1 is 1.10 bits per heavy atom. The molecule has 3 rings (SSSR count). The van der Waals surface area contributed by atoms with Gasteiger partial charge in [-0.1, -0.05) is 30.3 Å². The maximum Gasteiger partial charge on any atom is 0.224 e. The predicted molar refractivity (Wildman–Crippen MR) is 135 cm³/mol. The third kappa shape index (κ3) is 7.93. The summed E-state index contributed by atoms with van der Waals surface area (Å²) in [5.41, 5.74) is 1.97. The molecule has 0 aromatic heterocycles. The number of hydrogen-bond acceptors (Lipinski definition) is 4. The van der Waals surface area contributed by atoms with E-state index >= 15 is 0 Å². The van der Waals surface area contributed by atoms with Gasteiger partial charge in [0, 0.05) is 44.7 Å². The van der Waals surface area contributed by atoms with Gasteiger partial charge in [0.05, 0.1) is 19.8 Å². The van der Waals surface area contributed by atoms with Crippen LogP contribution in [-0.2, 0) is 11.3 Å². The van der Waals surface area contributed by atoms with Crippen LogP contribution in [0.3, 0.4) is 0 Å². The van der Waals surface area contributed by atoms with E-state index in [0.717, 1.165) is 35.7 Å². The van der Waals surface area contributed by atoms with Crippen molar-refractivity contribution in [3.05, 3.63) is 54.1 Å². The molecule has 0 fully saturated rings. The average Bonchev–Trinajstić information content (AvgIpc) is 2.99. The summed E-state index contributed by atoms with van der Waals surface area (Å²) in [5.74, 6) is 2.18. The largest absolute Gasteiger partial charge is 0.490 e. The van der Waals surface area contributed by atoms with E-state index in [4.69, 9.17) is 9.47 Å². The van der Waals surface area contributed by atoms with E-state index in [1.165, 1.54) is 0 Å². The lowest BCUT2D eigenvalue weighted by Crippen LogP contribution is -2.31. The van der Waals surface area contributed by atoms with Gasteiger partial charge in [0.1, 0.15) is 0 Å². The SMILES string of the molecule is CCNC(=NCCC(=O)N(C)Cc1ccccc1)Nc1ccc2c(c1)OCCCO2.I. The highest BCUT2D eigenvalue weighted by Crippen LogP contribution is 2.32. The first-order valence-corrected chi connectivity index (χ1v) is 10.4. The van der Waals surface area contributed by atoms with Crippen LogP contribution in [0.15, 0.2) is 53.5 Å². The molecule has 1 aliphatic heterocycles. The van der Waals surface area contributed by atoms with Crippen LogP contribution in [0.4, 0.5) is 5.69 Å². The Balaban J connectivity index is 0.00000341. The average molecular weight is 538 g/mol. The third-order valence-electron chi connectivity index (χ3n) is 4.64. The standard InChI is InChI=1S/C23H30N4O3.HI/c1-3-24-23(26-19-10-11-20-21(16-19)30-15-7-14-29-20)25-13-12-22(28)27(2)17-18-8-5-4-6-9-18;/h4-6,8-11,16H,3,7,12-15,17H2,1-2H3,(H2,24,25,26);1H. The van der Waals surface area contributed by atoms with Crippen molar-refractivity contribution in [2.75, 3.05) is 38.7 Å². The molecule has 0 bridgehead atoms. The first-order valence-electron chi connectivity index (χ1n) is 10.4. The van der Waals surface area contributed by atoms with Crippen LogP contribution < -0.4 is 20.1 Å². The van der Waals surface area contributed by atoms with Gasteiger partial charge in [-0.3, -0.25) is 9.79 Å². The fourth-order valence-corrected chi connectivity index (χ4v) is 3.08. The molecule has 0 aliphatic carbocycles. The van der Waals surface area contributed by atoms with Crippen molar-refractivity contribution in [3.63, 3.8) is 0 Å². The van der Waals surface area contributed by atoms with E-state index in [2.05, 4.69) is 15.6 Å². The molecule has 2 aromatic rings. The Kier molecular flexibility index (Phi) is 10.4. The van der Waals surface area contributed by atoms with Crippen molar-refractivity contribution in [3.8, 4) is 11.5 Å². The number of nitrogens with one attached hydrogen (secondary N) is 2. The van der Waals surface area contributed by atoms with Gasteiger partial charge < -0.3 is 25.0 Å². The minimum absolute atomic E-state index is 0. The molecule has 31 heavy (non-hydrogen) atoms. The number of fused-ring (bicyclic) bond motifs is 1. The van der Waals surface area contributed by atoms with E-state index < -0.39 is 0 Å². The molecule has 168 valence electrons. The summed E-state index contributed by atoms with van der Waals surface area (Å²) in [6.07, 6.45) is 1.22. The Hall–Kier alpha value is -2.49. The summed E-state index contributed by atoms with van der Waals surface area (Å²) in [4.78, 5) is 18.7. The number of amides is 1. The molecule has 1 heterocycles. The lowest BCUT2D eigenvalue weighted by Gasteiger charge is -2.17. The fraction of sp³-hybridized carbons (Fsp3) is 0.391. The second-order valence-corrected chi connectivity index (χ2v) is 7.08. The van der Waals surface area contributed by atoms with Gasteiger partial charge in [-0.2, -0.15) is 0 Å². The van der Waals surface area contributed by atoms with Crippen molar-refractivity contribution in [2.45, 2.75) is 26.3 Å². The molecule has 1 aliphatic rings. The minimum atomic E-state index is 0. The summed E-state index contributed by atoms with van der Waals surface area (Å²) < 4.78 is 11.4. The van der Waals surface area contributed by atoms with Crippen LogP contribution in [0, 0.1) is 0 Å². The number of ether oxygens (including phenoxy) is 2. The van der Waals surface area contributed by atoms with Crippen LogP contribution in [-0.4, -0.2) is 50.1 Å². The highest BCUT2D eigenvalue weighted by Gasteiger charge is 2.12. The molecule has 0 spiro atoms. The number of nitrogens with zero attached hydrogens (tertiary/aromatic N) is 2. The van der Waals surface area contributed by atoms with E-state index in [9.17, 15) is 4.79 Å². The van der Waals surface area contributed by atoms with E-state index in [1.807, 2.05) is 62.5 Å². The van der Waals surface area contributed by atoms with Crippen molar-refractivity contribution < 1.29 is 14.3 Å². The minimum Gasteiger partial charge on any atom is -0.490 e. The summed E-state index contributed by atoms with van der Waals surface area (Å²) in [6, 6.07) is 15.7. The smallest absolute Gasteiger partial charge is 0.224 e. The zero-order valence-corrected chi connectivity index (χ0v) is 20.4. The molecule has 1 amide bonds.